The van der Waals surface area contributed by atoms with Crippen molar-refractivity contribution in [2.45, 2.75) is 37.3 Å². The number of β-amino-alcohol motifs (C(OH)–C–C–N with tert-alkyl or cyclic N) is 1. The summed E-state index contributed by atoms with van der Waals surface area (Å²) >= 11 is 0. The van der Waals surface area contributed by atoms with E-state index in [9.17, 15) is 14.7 Å². The van der Waals surface area contributed by atoms with Crippen LogP contribution < -0.4 is 14.8 Å². The lowest BCUT2D eigenvalue weighted by molar-refractivity contribution is -0.133. The van der Waals surface area contributed by atoms with Gasteiger partial charge in [-0.15, -0.1) is 0 Å². The highest BCUT2D eigenvalue weighted by Gasteiger charge is 2.54. The molecule has 1 aliphatic carbocycles. The summed E-state index contributed by atoms with van der Waals surface area (Å²) in [4.78, 5) is 27.1. The number of ether oxygens (including phenoxy) is 2. The summed E-state index contributed by atoms with van der Waals surface area (Å²) in [5, 5.41) is 22.0. The van der Waals surface area contributed by atoms with Crippen LogP contribution in [0.5, 0.6) is 11.5 Å². The molecule has 166 valence electrons. The normalized spacial score (nSPS) is 20.5. The molecule has 1 saturated heterocycles. The molecule has 2 N–H and O–H groups in total. The minimum Gasteiger partial charge on any atom is -0.497 e. The number of methoxy groups -OCH3 is 1. The summed E-state index contributed by atoms with van der Waals surface area (Å²) in [6.07, 6.45) is 1.34. The number of nitrogens with one attached hydrogen (secondary N) is 1. The molecule has 3 amide bonds. The third-order valence-corrected chi connectivity index (χ3v) is 5.99. The molecule has 1 fully saturated rings. The van der Waals surface area contributed by atoms with Gasteiger partial charge in [-0.2, -0.15) is 5.26 Å². The molecule has 8 heteroatoms. The third kappa shape index (κ3) is 3.99. The molecule has 0 radical (unpaired) electrons. The maximum absolute atomic E-state index is 13.4. The highest BCUT2D eigenvalue weighted by molar-refractivity contribution is 6.07. The first-order chi connectivity index (χ1) is 15.5. The Hall–Kier alpha value is -3.57. The Morgan fingerprint density at radius 2 is 1.97 bits per heavy atom. The van der Waals surface area contributed by atoms with Crippen LogP contribution in [-0.2, 0) is 23.2 Å². The van der Waals surface area contributed by atoms with Gasteiger partial charge in [0.1, 0.15) is 29.7 Å². The molecule has 2 aliphatic rings. The largest absolute Gasteiger partial charge is 0.497 e. The fourth-order valence-corrected chi connectivity index (χ4v) is 4.39. The average molecular weight is 435 g/mol. The van der Waals surface area contributed by atoms with Crippen molar-refractivity contribution in [3.8, 4) is 17.6 Å². The number of aliphatic hydroxyl groups is 1. The summed E-state index contributed by atoms with van der Waals surface area (Å²) in [6.45, 7) is -0.236. The minimum atomic E-state index is -1.10. The van der Waals surface area contributed by atoms with Gasteiger partial charge in [-0.3, -0.25) is 9.69 Å². The number of hydrogen-bond acceptors (Lipinski definition) is 6. The van der Waals surface area contributed by atoms with Crippen LogP contribution in [-0.4, -0.2) is 48.3 Å². The van der Waals surface area contributed by atoms with Crippen LogP contribution in [0.4, 0.5) is 4.79 Å². The molecule has 4 rings (SSSR count). The highest BCUT2D eigenvalue weighted by Crippen LogP contribution is 2.41. The van der Waals surface area contributed by atoms with Crippen molar-refractivity contribution in [1.82, 2.24) is 10.2 Å². The Morgan fingerprint density at radius 1 is 1.22 bits per heavy atom. The summed E-state index contributed by atoms with van der Waals surface area (Å²) in [5.74, 6) is 0.894. The fourth-order valence-electron chi connectivity index (χ4n) is 4.39. The molecule has 1 heterocycles. The standard InChI is InChI=1S/C24H25N3O5/c1-31-20-8-9-21-17(13-20)3-2-11-24(21)22(29)27(23(30)26-24)14-18(28)15-32-19-6-4-16(5-7-19)10-12-25/h4-9,13,18,28H,2-3,10-11,14-15H2,1H3,(H,26,30). The summed E-state index contributed by atoms with van der Waals surface area (Å²) in [6, 6.07) is 14.1. The van der Waals surface area contributed by atoms with Crippen LogP contribution in [0.2, 0.25) is 0 Å². The molecule has 2 aromatic rings. The third-order valence-electron chi connectivity index (χ3n) is 5.99. The molecule has 2 unspecified atom stereocenters. The van der Waals surface area contributed by atoms with Crippen molar-refractivity contribution < 1.29 is 24.2 Å². The molecular formula is C24H25N3O5. The second-order valence-corrected chi connectivity index (χ2v) is 8.07. The van der Waals surface area contributed by atoms with Gasteiger partial charge in [-0.1, -0.05) is 18.2 Å². The number of carbonyl (C=O) groups excluding carboxylic acids is 2. The van der Waals surface area contributed by atoms with Gasteiger partial charge < -0.3 is 19.9 Å². The predicted molar refractivity (Wildman–Crippen MR) is 115 cm³/mol. The summed E-state index contributed by atoms with van der Waals surface area (Å²) < 4.78 is 10.9. The molecule has 2 aromatic carbocycles. The molecule has 32 heavy (non-hydrogen) atoms. The summed E-state index contributed by atoms with van der Waals surface area (Å²) in [7, 11) is 1.59. The van der Waals surface area contributed by atoms with E-state index in [1.165, 1.54) is 0 Å². The van der Waals surface area contributed by atoms with Crippen molar-refractivity contribution >= 4 is 11.9 Å². The monoisotopic (exact) mass is 435 g/mol. The summed E-state index contributed by atoms with van der Waals surface area (Å²) in [5.41, 5.74) is 1.53. The highest BCUT2D eigenvalue weighted by atomic mass is 16.5. The number of imide groups is 1. The lowest BCUT2D eigenvalue weighted by atomic mass is 9.76. The van der Waals surface area contributed by atoms with Crippen LogP contribution in [0.25, 0.3) is 0 Å². The first-order valence-electron chi connectivity index (χ1n) is 10.5. The second-order valence-electron chi connectivity index (χ2n) is 8.07. The Bertz CT molecular complexity index is 1060. The number of benzene rings is 2. The maximum Gasteiger partial charge on any atom is 0.325 e. The molecule has 1 spiro atoms. The zero-order chi connectivity index (χ0) is 22.7. The van der Waals surface area contributed by atoms with Gasteiger partial charge in [-0.05, 0) is 60.2 Å². The number of aryl methyl sites for hydroxylation is 1. The smallest absolute Gasteiger partial charge is 0.325 e. The van der Waals surface area contributed by atoms with Gasteiger partial charge in [0.2, 0.25) is 0 Å². The number of nitriles is 1. The van der Waals surface area contributed by atoms with E-state index in [1.54, 1.807) is 37.4 Å². The zero-order valence-electron chi connectivity index (χ0n) is 17.8. The van der Waals surface area contributed by atoms with E-state index in [0.29, 0.717) is 24.3 Å². The van der Waals surface area contributed by atoms with Gasteiger partial charge in [0.25, 0.3) is 5.91 Å². The maximum atomic E-state index is 13.4. The van der Waals surface area contributed by atoms with E-state index in [2.05, 4.69) is 11.4 Å². The van der Waals surface area contributed by atoms with E-state index in [-0.39, 0.29) is 19.1 Å². The topological polar surface area (TPSA) is 112 Å². The van der Waals surface area contributed by atoms with E-state index in [0.717, 1.165) is 34.4 Å². The molecular weight excluding hydrogens is 410 g/mol. The number of fused-ring (bicyclic) bond motifs is 2. The molecule has 0 saturated carbocycles. The minimum absolute atomic E-state index is 0.0740. The van der Waals surface area contributed by atoms with Crippen molar-refractivity contribution in [3.05, 3.63) is 59.2 Å². The number of aliphatic hydroxyl groups excluding tert-OH is 1. The van der Waals surface area contributed by atoms with E-state index in [4.69, 9.17) is 14.7 Å². The van der Waals surface area contributed by atoms with E-state index < -0.39 is 17.7 Å². The van der Waals surface area contributed by atoms with Crippen LogP contribution in [0.15, 0.2) is 42.5 Å². The first-order valence-corrected chi connectivity index (χ1v) is 10.5. The number of nitrogens with zero attached hydrogens (tertiary/aromatic N) is 2. The van der Waals surface area contributed by atoms with E-state index in [1.807, 2.05) is 12.1 Å². The van der Waals surface area contributed by atoms with Crippen LogP contribution in [0.3, 0.4) is 0 Å². The zero-order valence-corrected chi connectivity index (χ0v) is 17.8. The van der Waals surface area contributed by atoms with Crippen LogP contribution in [0, 0.1) is 11.3 Å². The Kier molecular flexibility index (Phi) is 6.01. The Balaban J connectivity index is 1.43. The Labute approximate surface area is 186 Å². The molecule has 1 aliphatic heterocycles. The van der Waals surface area contributed by atoms with Crippen molar-refractivity contribution in [2.75, 3.05) is 20.3 Å². The number of hydrogen-bond donors (Lipinski definition) is 2. The number of carbonyl (C=O) groups is 2. The van der Waals surface area contributed by atoms with Crippen molar-refractivity contribution in [1.29, 1.82) is 5.26 Å². The lowest BCUT2D eigenvalue weighted by Gasteiger charge is -2.33. The predicted octanol–water partition coefficient (Wildman–Crippen LogP) is 2.28. The van der Waals surface area contributed by atoms with Gasteiger partial charge in [-0.25, -0.2) is 4.79 Å². The molecule has 0 aromatic heterocycles. The molecule has 2 atom stereocenters. The molecule has 8 nitrogen and oxygen atoms in total. The second kappa shape index (κ2) is 8.89. The van der Waals surface area contributed by atoms with Gasteiger partial charge in [0.05, 0.1) is 26.1 Å². The van der Waals surface area contributed by atoms with E-state index >= 15 is 0 Å². The van der Waals surface area contributed by atoms with Gasteiger partial charge >= 0.3 is 6.03 Å². The lowest BCUT2D eigenvalue weighted by Crippen LogP contribution is -2.47. The number of amides is 3. The average Bonchev–Trinajstić information content (AvgIpc) is 3.03. The van der Waals surface area contributed by atoms with Gasteiger partial charge in [0.15, 0.2) is 0 Å². The SMILES string of the molecule is COc1ccc2c(c1)CCCC21NC(=O)N(CC(O)COc2ccc(CC#N)cc2)C1=O. The number of rotatable bonds is 7. The van der Waals surface area contributed by atoms with Gasteiger partial charge in [0, 0.05) is 0 Å². The fraction of sp³-hybridized carbons (Fsp3) is 0.375. The number of urea groups is 1. The first kappa shape index (κ1) is 21.7. The van der Waals surface area contributed by atoms with Crippen molar-refractivity contribution in [2.24, 2.45) is 0 Å². The van der Waals surface area contributed by atoms with Crippen LogP contribution in [0.1, 0.15) is 29.5 Å². The van der Waals surface area contributed by atoms with Crippen LogP contribution >= 0.6 is 0 Å². The quantitative estimate of drug-likeness (QED) is 0.646. The Morgan fingerprint density at radius 3 is 2.69 bits per heavy atom. The van der Waals surface area contributed by atoms with Crippen molar-refractivity contribution in [3.63, 3.8) is 0 Å². The molecule has 0 bridgehead atoms.